The Morgan fingerprint density at radius 3 is 1.20 bits per heavy atom. The maximum atomic E-state index is 12.7. The number of allylic oxidation sites excluding steroid dienone is 4. The second-order valence-electron chi connectivity index (χ2n) is 16.9. The molecule has 0 fully saturated rings. The zero-order valence-electron chi connectivity index (χ0n) is 39.0. The normalized spacial score (nSPS) is 13.8. The molecule has 0 saturated heterocycles. The molecule has 4 N–H and O–H groups in total. The van der Waals surface area contributed by atoms with Crippen LogP contribution in [-0.4, -0.2) is 59.9 Å². The maximum absolute atomic E-state index is 12.7. The molecule has 0 aliphatic rings. The van der Waals surface area contributed by atoms with Crippen molar-refractivity contribution in [2.75, 3.05) is 19.8 Å². The Bertz CT molecular complexity index is 1130. The molecule has 0 aromatic rings. The van der Waals surface area contributed by atoms with E-state index in [1.54, 1.807) is 0 Å². The summed E-state index contributed by atoms with van der Waals surface area (Å²) in [6.07, 6.45) is 48.1. The van der Waals surface area contributed by atoms with Gasteiger partial charge in [-0.3, -0.25) is 23.4 Å². The summed E-state index contributed by atoms with van der Waals surface area (Å²) < 4.78 is 32.8. The topological polar surface area (TPSA) is 172 Å². The van der Waals surface area contributed by atoms with Gasteiger partial charge in [0, 0.05) is 12.8 Å². The Morgan fingerprint density at radius 1 is 0.492 bits per heavy atom. The van der Waals surface area contributed by atoms with Crippen molar-refractivity contribution in [2.24, 2.45) is 5.73 Å². The van der Waals surface area contributed by atoms with Crippen LogP contribution in [0.4, 0.5) is 0 Å². The number of carbonyl (C=O) groups is 3. The van der Waals surface area contributed by atoms with Crippen LogP contribution in [0.3, 0.4) is 0 Å². The number of ether oxygens (including phenoxy) is 2. The van der Waals surface area contributed by atoms with Crippen LogP contribution in [0.5, 0.6) is 0 Å². The van der Waals surface area contributed by atoms with Crippen LogP contribution in [0, 0.1) is 0 Å². The maximum Gasteiger partial charge on any atom is 0.472 e. The van der Waals surface area contributed by atoms with Gasteiger partial charge in [0.05, 0.1) is 13.2 Å². The molecule has 0 saturated carbocycles. The molecule has 0 aromatic carbocycles. The van der Waals surface area contributed by atoms with E-state index in [1.807, 2.05) is 0 Å². The van der Waals surface area contributed by atoms with Crippen molar-refractivity contribution in [3.8, 4) is 0 Å². The number of carboxylic acids is 1. The predicted molar refractivity (Wildman–Crippen MR) is 249 cm³/mol. The number of phosphoric ester groups is 1. The molecular formula is C49H92NO10P. The number of esters is 2. The average molecular weight is 886 g/mol. The summed E-state index contributed by atoms with van der Waals surface area (Å²) in [5.41, 5.74) is 5.35. The monoisotopic (exact) mass is 886 g/mol. The first kappa shape index (κ1) is 59.0. The molecule has 0 bridgehead atoms. The highest BCUT2D eigenvalue weighted by Gasteiger charge is 2.28. The Balaban J connectivity index is 4.26. The van der Waals surface area contributed by atoms with Crippen LogP contribution in [0.2, 0.25) is 0 Å². The largest absolute Gasteiger partial charge is 0.480 e. The van der Waals surface area contributed by atoms with E-state index in [9.17, 15) is 23.8 Å². The highest BCUT2D eigenvalue weighted by Crippen LogP contribution is 2.43. The van der Waals surface area contributed by atoms with Gasteiger partial charge in [-0.2, -0.15) is 0 Å². The van der Waals surface area contributed by atoms with Gasteiger partial charge in [0.2, 0.25) is 0 Å². The first-order chi connectivity index (χ1) is 29.6. The smallest absolute Gasteiger partial charge is 0.472 e. The van der Waals surface area contributed by atoms with Crippen molar-refractivity contribution in [3.05, 3.63) is 24.3 Å². The summed E-state index contributed by atoms with van der Waals surface area (Å²) >= 11 is 0. The zero-order chi connectivity index (χ0) is 44.9. The molecule has 0 aliphatic carbocycles. The van der Waals surface area contributed by atoms with E-state index >= 15 is 0 Å². The SMILES string of the molecule is CCCCCCCCC/C=C\CCCCCCCC(=O)OCC(COP(=O)(O)OCC(N)C(=O)O)OC(=O)CCCCCCCCCCC/C=C\CCCCCCCCCC. The number of aliphatic carboxylic acids is 1. The van der Waals surface area contributed by atoms with Crippen molar-refractivity contribution in [1.82, 2.24) is 0 Å². The quantitative estimate of drug-likeness (QED) is 0.0230. The number of unbranched alkanes of at least 4 members (excludes halogenated alkanes) is 29. The standard InChI is InChI=1S/C49H92NO10P/c1-3-5-7-9-11-13-15-17-19-21-22-23-24-25-27-29-31-33-35-37-39-41-48(52)60-45(43-58-61(55,56)59-44-46(50)49(53)54)42-57-47(51)40-38-36-34-32-30-28-26-20-18-16-14-12-10-8-6-4-2/h20-22,26,45-46H,3-19,23-25,27-44,50H2,1-2H3,(H,53,54)(H,55,56)/b22-21-,26-20-. The lowest BCUT2D eigenvalue weighted by molar-refractivity contribution is -0.161. The Kier molecular flexibility index (Phi) is 43.1. The lowest BCUT2D eigenvalue weighted by atomic mass is 10.1. The molecule has 0 aliphatic heterocycles. The van der Waals surface area contributed by atoms with E-state index in [2.05, 4.69) is 42.7 Å². The summed E-state index contributed by atoms with van der Waals surface area (Å²) in [5.74, 6) is -2.38. The highest BCUT2D eigenvalue weighted by molar-refractivity contribution is 7.47. The van der Waals surface area contributed by atoms with Gasteiger partial charge in [-0.1, -0.05) is 186 Å². The van der Waals surface area contributed by atoms with Gasteiger partial charge in [0.25, 0.3) is 0 Å². The number of rotatable bonds is 47. The predicted octanol–water partition coefficient (Wildman–Crippen LogP) is 13.8. The molecule has 0 aromatic heterocycles. The first-order valence-corrected chi connectivity index (χ1v) is 26.4. The fraction of sp³-hybridized carbons (Fsp3) is 0.857. The molecule has 12 heteroatoms. The van der Waals surface area contributed by atoms with E-state index in [1.165, 1.54) is 141 Å². The van der Waals surface area contributed by atoms with Gasteiger partial charge in [-0.05, 0) is 64.2 Å². The molecule has 3 atom stereocenters. The van der Waals surface area contributed by atoms with Crippen LogP contribution in [0.15, 0.2) is 24.3 Å². The van der Waals surface area contributed by atoms with E-state index in [0.29, 0.717) is 12.8 Å². The molecule has 0 spiro atoms. The van der Waals surface area contributed by atoms with Crippen LogP contribution in [-0.2, 0) is 37.5 Å². The van der Waals surface area contributed by atoms with Gasteiger partial charge >= 0.3 is 25.7 Å². The number of nitrogens with two attached hydrogens (primary N) is 1. The molecule has 0 radical (unpaired) electrons. The molecule has 11 nitrogen and oxygen atoms in total. The van der Waals surface area contributed by atoms with E-state index in [-0.39, 0.29) is 19.4 Å². The van der Waals surface area contributed by atoms with E-state index in [4.69, 9.17) is 24.8 Å². The number of hydrogen-bond acceptors (Lipinski definition) is 9. The molecule has 0 rings (SSSR count). The van der Waals surface area contributed by atoms with Gasteiger partial charge in [-0.25, -0.2) is 4.57 Å². The molecule has 0 amide bonds. The molecule has 3 unspecified atom stereocenters. The summed E-state index contributed by atoms with van der Waals surface area (Å²) in [4.78, 5) is 46.1. The van der Waals surface area contributed by atoms with Crippen LogP contribution in [0.1, 0.15) is 239 Å². The second-order valence-corrected chi connectivity index (χ2v) is 18.4. The third-order valence-corrected chi connectivity index (χ3v) is 11.9. The minimum Gasteiger partial charge on any atom is -0.480 e. The summed E-state index contributed by atoms with van der Waals surface area (Å²) in [5, 5.41) is 8.91. The van der Waals surface area contributed by atoms with Gasteiger partial charge in [-0.15, -0.1) is 0 Å². The van der Waals surface area contributed by atoms with E-state index in [0.717, 1.165) is 57.8 Å². The fourth-order valence-corrected chi connectivity index (χ4v) is 7.78. The minimum absolute atomic E-state index is 0.159. The first-order valence-electron chi connectivity index (χ1n) is 24.9. The third kappa shape index (κ3) is 44.4. The number of carbonyl (C=O) groups excluding carboxylic acids is 2. The Morgan fingerprint density at radius 2 is 0.820 bits per heavy atom. The summed E-state index contributed by atoms with van der Waals surface area (Å²) in [6.45, 7) is 2.82. The van der Waals surface area contributed by atoms with Crippen molar-refractivity contribution in [1.29, 1.82) is 0 Å². The fourth-order valence-electron chi connectivity index (χ4n) is 7.00. The van der Waals surface area contributed by atoms with Gasteiger partial charge in [0.15, 0.2) is 6.10 Å². The number of hydrogen-bond donors (Lipinski definition) is 3. The number of phosphoric acid groups is 1. The summed E-state index contributed by atoms with van der Waals surface area (Å²) in [7, 11) is -4.72. The number of carboxylic acid groups (broad SMARTS) is 1. The van der Waals surface area contributed by atoms with Crippen LogP contribution < -0.4 is 5.73 Å². The minimum atomic E-state index is -4.72. The molecule has 358 valence electrons. The lowest BCUT2D eigenvalue weighted by Gasteiger charge is -2.20. The Hall–Kier alpha value is -2.04. The van der Waals surface area contributed by atoms with Crippen molar-refractivity contribution < 1.29 is 47.5 Å². The molecular weight excluding hydrogens is 794 g/mol. The molecule has 0 heterocycles. The summed E-state index contributed by atoms with van der Waals surface area (Å²) in [6, 6.07) is -1.52. The van der Waals surface area contributed by atoms with Crippen molar-refractivity contribution >= 4 is 25.7 Å². The highest BCUT2D eigenvalue weighted by atomic mass is 31.2. The second kappa shape index (κ2) is 44.6. The van der Waals surface area contributed by atoms with Crippen LogP contribution in [0.25, 0.3) is 0 Å². The van der Waals surface area contributed by atoms with E-state index < -0.39 is 51.1 Å². The van der Waals surface area contributed by atoms with Gasteiger partial charge < -0.3 is 25.2 Å². The molecule has 61 heavy (non-hydrogen) atoms. The van der Waals surface area contributed by atoms with Crippen molar-refractivity contribution in [2.45, 2.75) is 251 Å². The van der Waals surface area contributed by atoms with Gasteiger partial charge in [0.1, 0.15) is 12.6 Å². The zero-order valence-corrected chi connectivity index (χ0v) is 39.9. The third-order valence-electron chi connectivity index (χ3n) is 10.9. The lowest BCUT2D eigenvalue weighted by Crippen LogP contribution is -2.34. The van der Waals surface area contributed by atoms with Crippen molar-refractivity contribution in [3.63, 3.8) is 0 Å². The van der Waals surface area contributed by atoms with Crippen LogP contribution >= 0.6 is 7.82 Å². The average Bonchev–Trinajstić information content (AvgIpc) is 3.24. The Labute approximate surface area is 372 Å².